The van der Waals surface area contributed by atoms with Crippen molar-refractivity contribution in [1.29, 1.82) is 0 Å². The molecule has 2 aromatic rings. The molecule has 0 N–H and O–H groups in total. The lowest BCUT2D eigenvalue weighted by atomic mass is 10.3. The van der Waals surface area contributed by atoms with Crippen LogP contribution in [0.4, 0.5) is 0 Å². The smallest absolute Gasteiger partial charge is 0.150 e. The molecule has 0 unspecified atom stereocenters. The van der Waals surface area contributed by atoms with E-state index in [2.05, 4.69) is 20.0 Å². The molecular formula is C14H13ClN4OS. The van der Waals surface area contributed by atoms with E-state index in [-0.39, 0.29) is 0 Å². The van der Waals surface area contributed by atoms with E-state index in [1.54, 1.807) is 12.3 Å². The maximum Gasteiger partial charge on any atom is 0.150 e. The molecule has 2 heterocycles. The van der Waals surface area contributed by atoms with Crippen LogP contribution in [0.25, 0.3) is 0 Å². The Morgan fingerprint density at radius 2 is 2.29 bits per heavy atom. The molecule has 0 saturated heterocycles. The number of halogens is 1. The molecule has 108 valence electrons. The van der Waals surface area contributed by atoms with Crippen molar-refractivity contribution in [3.8, 4) is 0 Å². The molecular weight excluding hydrogens is 308 g/mol. The standard InChI is InChI=1S/C14H13ClN4OS/c1-20-17-9-14(21)18-13-4-2-3-7-19(13)10-11-5-6-12(15)16-8-11/h2-9H,10H2,1H3/b17-9+,18-13+. The van der Waals surface area contributed by atoms with Crippen LogP contribution in [0.3, 0.4) is 0 Å². The van der Waals surface area contributed by atoms with Gasteiger partial charge in [-0.05, 0) is 23.8 Å². The maximum absolute atomic E-state index is 5.78. The van der Waals surface area contributed by atoms with Crippen molar-refractivity contribution < 1.29 is 4.84 Å². The predicted molar refractivity (Wildman–Crippen MR) is 86.4 cm³/mol. The fourth-order valence-electron chi connectivity index (χ4n) is 1.64. The monoisotopic (exact) mass is 320 g/mol. The highest BCUT2D eigenvalue weighted by Crippen LogP contribution is 2.05. The van der Waals surface area contributed by atoms with Gasteiger partial charge in [0.25, 0.3) is 0 Å². The minimum atomic E-state index is 0.339. The second kappa shape index (κ2) is 7.66. The first-order chi connectivity index (χ1) is 10.2. The van der Waals surface area contributed by atoms with Gasteiger partial charge in [-0.25, -0.2) is 9.98 Å². The van der Waals surface area contributed by atoms with E-state index in [4.69, 9.17) is 23.8 Å². The molecule has 0 aromatic carbocycles. The third kappa shape index (κ3) is 4.77. The Labute approximate surface area is 132 Å². The van der Waals surface area contributed by atoms with Crippen molar-refractivity contribution in [3.05, 3.63) is 58.9 Å². The van der Waals surface area contributed by atoms with Crippen LogP contribution in [0.1, 0.15) is 5.56 Å². The lowest BCUT2D eigenvalue weighted by Gasteiger charge is -2.07. The number of aromatic nitrogens is 2. The van der Waals surface area contributed by atoms with Gasteiger partial charge in [0, 0.05) is 12.4 Å². The molecule has 0 atom stereocenters. The Kier molecular flexibility index (Phi) is 5.59. The van der Waals surface area contributed by atoms with Crippen LogP contribution in [-0.2, 0) is 11.4 Å². The predicted octanol–water partition coefficient (Wildman–Crippen LogP) is 2.45. The lowest BCUT2D eigenvalue weighted by molar-refractivity contribution is 0.216. The van der Waals surface area contributed by atoms with Crippen LogP contribution in [0, 0.1) is 0 Å². The van der Waals surface area contributed by atoms with Crippen LogP contribution in [0.15, 0.2) is 52.9 Å². The summed E-state index contributed by atoms with van der Waals surface area (Å²) in [7, 11) is 1.45. The van der Waals surface area contributed by atoms with Gasteiger partial charge in [0.15, 0.2) is 0 Å². The van der Waals surface area contributed by atoms with Gasteiger partial charge < -0.3 is 9.40 Å². The number of pyridine rings is 2. The highest BCUT2D eigenvalue weighted by molar-refractivity contribution is 7.81. The summed E-state index contributed by atoms with van der Waals surface area (Å²) in [5.74, 6) is 0. The van der Waals surface area contributed by atoms with E-state index in [1.807, 2.05) is 35.0 Å². The summed E-state index contributed by atoms with van der Waals surface area (Å²) in [5, 5.41) is 4.07. The normalized spacial score (nSPS) is 11.8. The zero-order valence-corrected chi connectivity index (χ0v) is 12.9. The summed E-state index contributed by atoms with van der Waals surface area (Å²) in [5.41, 5.74) is 1.74. The Morgan fingerprint density at radius 3 is 3.00 bits per heavy atom. The van der Waals surface area contributed by atoms with Crippen molar-refractivity contribution >= 4 is 35.0 Å². The van der Waals surface area contributed by atoms with Crippen molar-refractivity contribution in [2.75, 3.05) is 7.11 Å². The summed E-state index contributed by atoms with van der Waals surface area (Å²) >= 11 is 10.9. The van der Waals surface area contributed by atoms with Gasteiger partial charge in [-0.3, -0.25) is 0 Å². The Morgan fingerprint density at radius 1 is 1.43 bits per heavy atom. The zero-order valence-electron chi connectivity index (χ0n) is 11.3. The number of thiocarbonyl (C=S) groups is 1. The van der Waals surface area contributed by atoms with Gasteiger partial charge in [0.05, 0.1) is 6.54 Å². The first kappa shape index (κ1) is 15.3. The van der Waals surface area contributed by atoms with Crippen LogP contribution < -0.4 is 5.49 Å². The zero-order chi connectivity index (χ0) is 15.1. The third-order valence-electron chi connectivity index (χ3n) is 2.55. The van der Waals surface area contributed by atoms with Crippen LogP contribution in [-0.4, -0.2) is 27.9 Å². The molecule has 0 bridgehead atoms. The quantitative estimate of drug-likeness (QED) is 0.376. The van der Waals surface area contributed by atoms with Crippen LogP contribution in [0.2, 0.25) is 5.15 Å². The van der Waals surface area contributed by atoms with Gasteiger partial charge >= 0.3 is 0 Å². The molecule has 0 saturated carbocycles. The lowest BCUT2D eigenvalue weighted by Crippen LogP contribution is -2.22. The van der Waals surface area contributed by atoms with Gasteiger partial charge in [0.1, 0.15) is 29.0 Å². The molecule has 21 heavy (non-hydrogen) atoms. The summed E-state index contributed by atoms with van der Waals surface area (Å²) in [6.45, 7) is 0.619. The van der Waals surface area contributed by atoms with Gasteiger partial charge in [0.2, 0.25) is 0 Å². The average molecular weight is 321 g/mol. The molecule has 0 radical (unpaired) electrons. The maximum atomic E-state index is 5.78. The SMILES string of the molecule is CO/N=C/C(=S)/N=c1\ccccn1Cc1ccc(Cl)nc1. The summed E-state index contributed by atoms with van der Waals surface area (Å²) in [4.78, 5) is 13.3. The third-order valence-corrected chi connectivity index (χ3v) is 2.97. The second-order valence-electron chi connectivity index (χ2n) is 4.04. The summed E-state index contributed by atoms with van der Waals surface area (Å²) in [6.07, 6.45) is 5.04. The van der Waals surface area contributed by atoms with E-state index >= 15 is 0 Å². The summed E-state index contributed by atoms with van der Waals surface area (Å²) in [6, 6.07) is 9.37. The molecule has 0 fully saturated rings. The Hall–Kier alpha value is -2.05. The molecule has 5 nitrogen and oxygen atoms in total. The molecule has 0 aliphatic carbocycles. The number of rotatable bonds is 4. The van der Waals surface area contributed by atoms with E-state index in [1.165, 1.54) is 13.3 Å². The number of hydrogen-bond acceptors (Lipinski definition) is 4. The second-order valence-corrected chi connectivity index (χ2v) is 4.85. The van der Waals surface area contributed by atoms with Crippen molar-refractivity contribution in [2.45, 2.75) is 6.54 Å². The van der Waals surface area contributed by atoms with Gasteiger partial charge in [-0.1, -0.05) is 41.1 Å². The fourth-order valence-corrected chi connectivity index (χ4v) is 1.89. The summed E-state index contributed by atoms with van der Waals surface area (Å²) < 4.78 is 1.96. The topological polar surface area (TPSA) is 51.8 Å². The molecule has 2 aromatic heterocycles. The van der Waals surface area contributed by atoms with E-state index in [0.29, 0.717) is 16.7 Å². The molecule has 0 spiro atoms. The van der Waals surface area contributed by atoms with E-state index in [9.17, 15) is 0 Å². The Bertz CT molecular complexity index is 709. The number of hydrogen-bond donors (Lipinski definition) is 0. The molecule has 7 heteroatoms. The highest BCUT2D eigenvalue weighted by atomic mass is 35.5. The average Bonchev–Trinajstić information content (AvgIpc) is 2.49. The minimum Gasteiger partial charge on any atom is -0.399 e. The Balaban J connectivity index is 2.28. The number of nitrogens with zero attached hydrogens (tertiary/aromatic N) is 4. The first-order valence-corrected chi connectivity index (χ1v) is 6.89. The van der Waals surface area contributed by atoms with Crippen molar-refractivity contribution in [2.24, 2.45) is 10.1 Å². The highest BCUT2D eigenvalue weighted by Gasteiger charge is 1.98. The van der Waals surface area contributed by atoms with Crippen LogP contribution >= 0.6 is 23.8 Å². The first-order valence-electron chi connectivity index (χ1n) is 6.10. The van der Waals surface area contributed by atoms with Crippen molar-refractivity contribution in [3.63, 3.8) is 0 Å². The van der Waals surface area contributed by atoms with E-state index in [0.717, 1.165) is 11.1 Å². The van der Waals surface area contributed by atoms with E-state index < -0.39 is 0 Å². The van der Waals surface area contributed by atoms with Gasteiger partial charge in [-0.2, -0.15) is 0 Å². The molecule has 0 aliphatic rings. The largest absolute Gasteiger partial charge is 0.399 e. The molecule has 2 rings (SSSR count). The van der Waals surface area contributed by atoms with Gasteiger partial charge in [-0.15, -0.1) is 0 Å². The number of oxime groups is 1. The molecule has 0 aliphatic heterocycles. The fraction of sp³-hybridized carbons (Fsp3) is 0.143. The van der Waals surface area contributed by atoms with Crippen molar-refractivity contribution in [1.82, 2.24) is 9.55 Å². The van der Waals surface area contributed by atoms with Crippen LogP contribution in [0.5, 0.6) is 0 Å². The molecule has 0 amide bonds. The minimum absolute atomic E-state index is 0.339.